The second-order valence-electron chi connectivity index (χ2n) is 2.06. The molecular weight excluding hydrogens is 130 g/mol. The van der Waals surface area contributed by atoms with Gasteiger partial charge >= 0.3 is 0 Å². The molecule has 1 heterocycles. The Morgan fingerprint density at radius 2 is 2.70 bits per heavy atom. The molecule has 0 saturated carbocycles. The van der Waals surface area contributed by atoms with Crippen molar-refractivity contribution >= 4 is 6.41 Å². The molecule has 4 heteroatoms. The third kappa shape index (κ3) is 1.97. The van der Waals surface area contributed by atoms with Crippen LogP contribution >= 0.6 is 0 Å². The minimum Gasteiger partial charge on any atom is -0.373 e. The Labute approximate surface area is 59.9 Å². The van der Waals surface area contributed by atoms with E-state index in [9.17, 15) is 4.79 Å². The van der Waals surface area contributed by atoms with Crippen LogP contribution in [0.15, 0.2) is 12.4 Å². The predicted molar refractivity (Wildman–Crippen MR) is 37.9 cm³/mol. The first-order valence-electron chi connectivity index (χ1n) is 3.24. The number of hydrogen-bond donors (Lipinski definition) is 2. The van der Waals surface area contributed by atoms with E-state index < -0.39 is 0 Å². The van der Waals surface area contributed by atoms with E-state index in [4.69, 9.17) is 0 Å². The Kier molecular flexibility index (Phi) is 2.61. The number of rotatable bonds is 4. The average molecular weight is 141 g/mol. The van der Waals surface area contributed by atoms with Gasteiger partial charge in [-0.05, 0) is 0 Å². The highest BCUT2D eigenvalue weighted by molar-refractivity contribution is 5.45. The number of amides is 1. The van der Waals surface area contributed by atoms with Crippen LogP contribution in [0.2, 0.25) is 0 Å². The summed E-state index contributed by atoms with van der Waals surface area (Å²) in [5, 5.41) is 5.62. The summed E-state index contributed by atoms with van der Waals surface area (Å²) in [6.07, 6.45) is 4.57. The molecule has 0 saturated heterocycles. The van der Waals surface area contributed by atoms with Gasteiger partial charge in [0.15, 0.2) is 0 Å². The molecule has 0 aromatic rings. The van der Waals surface area contributed by atoms with Gasteiger partial charge in [-0.25, -0.2) is 0 Å². The second kappa shape index (κ2) is 3.76. The molecule has 0 fully saturated rings. The van der Waals surface area contributed by atoms with Crippen molar-refractivity contribution in [2.45, 2.75) is 0 Å². The van der Waals surface area contributed by atoms with Gasteiger partial charge in [-0.2, -0.15) is 0 Å². The predicted octanol–water partition coefficient (Wildman–Crippen LogP) is -0.934. The summed E-state index contributed by atoms with van der Waals surface area (Å²) in [6, 6.07) is 0. The van der Waals surface area contributed by atoms with Gasteiger partial charge in [-0.1, -0.05) is 0 Å². The number of hydrogen-bond acceptors (Lipinski definition) is 3. The molecule has 0 aliphatic carbocycles. The highest BCUT2D eigenvalue weighted by atomic mass is 16.1. The average Bonchev–Trinajstić information content (AvgIpc) is 2.41. The van der Waals surface area contributed by atoms with Gasteiger partial charge in [0.2, 0.25) is 6.41 Å². The van der Waals surface area contributed by atoms with E-state index in [0.717, 1.165) is 13.2 Å². The summed E-state index contributed by atoms with van der Waals surface area (Å²) in [5.41, 5.74) is 0. The molecule has 56 valence electrons. The molecule has 10 heavy (non-hydrogen) atoms. The zero-order chi connectivity index (χ0) is 7.23. The fourth-order valence-electron chi connectivity index (χ4n) is 0.801. The van der Waals surface area contributed by atoms with Crippen molar-refractivity contribution in [2.24, 2.45) is 0 Å². The van der Waals surface area contributed by atoms with Gasteiger partial charge in [-0.15, -0.1) is 0 Å². The maximum atomic E-state index is 9.82. The fourth-order valence-corrected chi connectivity index (χ4v) is 0.801. The first kappa shape index (κ1) is 6.92. The lowest BCUT2D eigenvalue weighted by atomic mass is 10.6. The van der Waals surface area contributed by atoms with Gasteiger partial charge < -0.3 is 15.5 Å². The van der Waals surface area contributed by atoms with Crippen LogP contribution < -0.4 is 10.6 Å². The minimum atomic E-state index is 0.704. The van der Waals surface area contributed by atoms with Crippen LogP contribution in [0.4, 0.5) is 0 Å². The van der Waals surface area contributed by atoms with Crippen molar-refractivity contribution in [2.75, 3.05) is 19.8 Å². The topological polar surface area (TPSA) is 44.4 Å². The standard InChI is InChI=1S/C6H11N3O/c10-6-8-2-4-9-3-1-7-5-9/h1,3,6-7H,2,4-5H2,(H,8,10). The Morgan fingerprint density at radius 1 is 1.80 bits per heavy atom. The van der Waals surface area contributed by atoms with E-state index in [0.29, 0.717) is 13.0 Å². The quantitative estimate of drug-likeness (QED) is 0.392. The van der Waals surface area contributed by atoms with Crippen LogP contribution in [0.3, 0.4) is 0 Å². The molecule has 0 spiro atoms. The number of carbonyl (C=O) groups is 1. The summed E-state index contributed by atoms with van der Waals surface area (Å²) >= 11 is 0. The first-order valence-corrected chi connectivity index (χ1v) is 3.24. The Morgan fingerprint density at radius 3 is 3.30 bits per heavy atom. The van der Waals surface area contributed by atoms with E-state index in [1.165, 1.54) is 0 Å². The maximum Gasteiger partial charge on any atom is 0.207 e. The van der Waals surface area contributed by atoms with E-state index in [1.54, 1.807) is 0 Å². The Bertz CT molecular complexity index is 135. The summed E-state index contributed by atoms with van der Waals surface area (Å²) < 4.78 is 0. The molecular formula is C6H11N3O. The van der Waals surface area contributed by atoms with Crippen LogP contribution in [-0.4, -0.2) is 31.1 Å². The van der Waals surface area contributed by atoms with Crippen molar-refractivity contribution in [3.63, 3.8) is 0 Å². The third-order valence-electron chi connectivity index (χ3n) is 1.32. The van der Waals surface area contributed by atoms with E-state index in [1.807, 2.05) is 12.4 Å². The largest absolute Gasteiger partial charge is 0.373 e. The van der Waals surface area contributed by atoms with Crippen LogP contribution in [0.25, 0.3) is 0 Å². The van der Waals surface area contributed by atoms with Gasteiger partial charge in [0.05, 0.1) is 6.67 Å². The number of nitrogens with one attached hydrogen (secondary N) is 2. The lowest BCUT2D eigenvalue weighted by Crippen LogP contribution is -2.29. The van der Waals surface area contributed by atoms with Crippen molar-refractivity contribution in [1.82, 2.24) is 15.5 Å². The van der Waals surface area contributed by atoms with Gasteiger partial charge in [0, 0.05) is 25.5 Å². The van der Waals surface area contributed by atoms with Crippen molar-refractivity contribution < 1.29 is 4.79 Å². The molecule has 4 nitrogen and oxygen atoms in total. The second-order valence-corrected chi connectivity index (χ2v) is 2.06. The fraction of sp³-hybridized carbons (Fsp3) is 0.500. The van der Waals surface area contributed by atoms with Crippen LogP contribution in [0, 0.1) is 0 Å². The number of carbonyl (C=O) groups excluding carboxylic acids is 1. The Balaban J connectivity index is 2.02. The molecule has 0 aromatic carbocycles. The molecule has 1 aliphatic heterocycles. The monoisotopic (exact) mass is 141 g/mol. The highest BCUT2D eigenvalue weighted by Crippen LogP contribution is 1.91. The SMILES string of the molecule is O=CNCCN1C=CNC1. The Hall–Kier alpha value is -1.19. The molecule has 1 aliphatic rings. The van der Waals surface area contributed by atoms with Gasteiger partial charge in [0.25, 0.3) is 0 Å². The van der Waals surface area contributed by atoms with Crippen LogP contribution in [0.5, 0.6) is 0 Å². The molecule has 0 aromatic heterocycles. The molecule has 0 atom stereocenters. The van der Waals surface area contributed by atoms with Crippen molar-refractivity contribution in [3.05, 3.63) is 12.4 Å². The smallest absolute Gasteiger partial charge is 0.207 e. The normalized spacial score (nSPS) is 15.0. The molecule has 1 amide bonds. The van der Waals surface area contributed by atoms with E-state index >= 15 is 0 Å². The lowest BCUT2D eigenvalue weighted by molar-refractivity contribution is -0.109. The summed E-state index contributed by atoms with van der Waals surface area (Å²) in [6.45, 7) is 2.41. The van der Waals surface area contributed by atoms with E-state index in [2.05, 4.69) is 15.5 Å². The molecule has 0 unspecified atom stereocenters. The van der Waals surface area contributed by atoms with Gasteiger partial charge in [0.1, 0.15) is 0 Å². The summed E-state index contributed by atoms with van der Waals surface area (Å²) in [7, 11) is 0. The van der Waals surface area contributed by atoms with Crippen LogP contribution in [-0.2, 0) is 4.79 Å². The molecule has 2 N–H and O–H groups in total. The maximum absolute atomic E-state index is 9.82. The molecule has 1 rings (SSSR count). The van der Waals surface area contributed by atoms with Gasteiger partial charge in [-0.3, -0.25) is 4.79 Å². The summed E-state index contributed by atoms with van der Waals surface area (Å²) in [5.74, 6) is 0. The third-order valence-corrected chi connectivity index (χ3v) is 1.32. The van der Waals surface area contributed by atoms with Crippen molar-refractivity contribution in [3.8, 4) is 0 Å². The van der Waals surface area contributed by atoms with Crippen molar-refractivity contribution in [1.29, 1.82) is 0 Å². The lowest BCUT2D eigenvalue weighted by Gasteiger charge is -2.13. The summed E-state index contributed by atoms with van der Waals surface area (Å²) in [4.78, 5) is 11.9. The molecule has 0 radical (unpaired) electrons. The van der Waals surface area contributed by atoms with Crippen LogP contribution in [0.1, 0.15) is 0 Å². The molecule has 0 bridgehead atoms. The first-order chi connectivity index (χ1) is 4.93. The van der Waals surface area contributed by atoms with E-state index in [-0.39, 0.29) is 0 Å². The highest BCUT2D eigenvalue weighted by Gasteiger charge is 2.00. The number of nitrogens with zero attached hydrogens (tertiary/aromatic N) is 1. The zero-order valence-corrected chi connectivity index (χ0v) is 5.71. The minimum absolute atomic E-state index is 0.704. The zero-order valence-electron chi connectivity index (χ0n) is 5.71.